The van der Waals surface area contributed by atoms with Gasteiger partial charge in [0.25, 0.3) is 11.8 Å². The fourth-order valence-corrected chi connectivity index (χ4v) is 2.52. The van der Waals surface area contributed by atoms with Crippen molar-refractivity contribution in [3.05, 3.63) is 29.8 Å². The van der Waals surface area contributed by atoms with E-state index in [9.17, 15) is 9.59 Å². The second-order valence-corrected chi connectivity index (χ2v) is 6.29. The van der Waals surface area contributed by atoms with Crippen LogP contribution in [0.2, 0.25) is 0 Å². The molecule has 1 heterocycles. The van der Waals surface area contributed by atoms with Crippen molar-refractivity contribution in [3.63, 3.8) is 0 Å². The monoisotopic (exact) mass is 318 g/mol. The van der Waals surface area contributed by atoms with Crippen molar-refractivity contribution in [1.29, 1.82) is 0 Å². The molecule has 5 heteroatoms. The molecule has 0 radical (unpaired) electrons. The van der Waals surface area contributed by atoms with Gasteiger partial charge in [-0.25, -0.2) is 0 Å². The Hall–Kier alpha value is -1.88. The fraction of sp³-hybridized carbons (Fsp3) is 0.556. The quantitative estimate of drug-likeness (QED) is 0.847. The van der Waals surface area contributed by atoms with Crippen molar-refractivity contribution in [3.8, 4) is 0 Å². The first-order valence-corrected chi connectivity index (χ1v) is 8.32. The Balaban J connectivity index is 2.04. The summed E-state index contributed by atoms with van der Waals surface area (Å²) in [6.07, 6.45) is 3.01. The molecule has 5 nitrogen and oxygen atoms in total. The Morgan fingerprint density at radius 3 is 2.65 bits per heavy atom. The number of hydrogen-bond donors (Lipinski definition) is 2. The summed E-state index contributed by atoms with van der Waals surface area (Å²) >= 11 is 0. The molecule has 1 fully saturated rings. The molecule has 2 amide bonds. The third-order valence-electron chi connectivity index (χ3n) is 4.59. The highest BCUT2D eigenvalue weighted by atomic mass is 16.5. The van der Waals surface area contributed by atoms with Gasteiger partial charge in [-0.3, -0.25) is 9.59 Å². The van der Waals surface area contributed by atoms with E-state index in [4.69, 9.17) is 4.74 Å². The van der Waals surface area contributed by atoms with Crippen LogP contribution in [0, 0.1) is 0 Å². The summed E-state index contributed by atoms with van der Waals surface area (Å²) < 4.78 is 5.37. The topological polar surface area (TPSA) is 67.4 Å². The number of amides is 2. The maximum Gasteiger partial charge on any atom is 0.253 e. The van der Waals surface area contributed by atoms with Crippen LogP contribution in [0.25, 0.3) is 0 Å². The van der Waals surface area contributed by atoms with Crippen LogP contribution in [0.3, 0.4) is 0 Å². The van der Waals surface area contributed by atoms with Crippen LogP contribution in [-0.4, -0.2) is 30.1 Å². The first kappa shape index (κ1) is 17.5. The lowest BCUT2D eigenvalue weighted by molar-refractivity contribution is -0.124. The summed E-state index contributed by atoms with van der Waals surface area (Å²) in [6, 6.07) is 7.01. The van der Waals surface area contributed by atoms with Crippen LogP contribution in [0.1, 0.15) is 56.8 Å². The molecule has 1 unspecified atom stereocenters. The van der Waals surface area contributed by atoms with E-state index in [0.717, 1.165) is 25.7 Å². The molecule has 0 spiro atoms. The summed E-state index contributed by atoms with van der Waals surface area (Å²) in [4.78, 5) is 24.5. The smallest absolute Gasteiger partial charge is 0.253 e. The van der Waals surface area contributed by atoms with E-state index < -0.39 is 0 Å². The molecule has 2 N–H and O–H groups in total. The van der Waals surface area contributed by atoms with E-state index in [1.54, 1.807) is 24.3 Å². The molecule has 1 atom stereocenters. The average Bonchev–Trinajstić information content (AvgIpc) is 3.09. The maximum absolute atomic E-state index is 12.4. The molecule has 1 aliphatic heterocycles. The van der Waals surface area contributed by atoms with E-state index >= 15 is 0 Å². The van der Waals surface area contributed by atoms with Crippen molar-refractivity contribution in [2.75, 3.05) is 11.9 Å². The van der Waals surface area contributed by atoms with Crippen LogP contribution >= 0.6 is 0 Å². The third-order valence-corrected chi connectivity index (χ3v) is 4.59. The number of anilines is 1. The Kier molecular flexibility index (Phi) is 5.77. The lowest BCUT2D eigenvalue weighted by Crippen LogP contribution is -2.44. The van der Waals surface area contributed by atoms with Gasteiger partial charge in [-0.2, -0.15) is 0 Å². The van der Waals surface area contributed by atoms with Crippen LogP contribution in [-0.2, 0) is 9.53 Å². The highest BCUT2D eigenvalue weighted by Gasteiger charge is 2.25. The summed E-state index contributed by atoms with van der Waals surface area (Å²) in [5.41, 5.74) is 0.949. The minimum absolute atomic E-state index is 0.121. The van der Waals surface area contributed by atoms with E-state index in [-0.39, 0.29) is 23.5 Å². The molecular formula is C18H26N2O3. The van der Waals surface area contributed by atoms with Crippen molar-refractivity contribution in [2.24, 2.45) is 0 Å². The number of benzene rings is 1. The number of nitrogens with one attached hydrogen (secondary N) is 2. The Morgan fingerprint density at radius 2 is 2.04 bits per heavy atom. The van der Waals surface area contributed by atoms with Crippen LogP contribution in [0.15, 0.2) is 24.3 Å². The van der Waals surface area contributed by atoms with E-state index in [2.05, 4.69) is 24.5 Å². The first-order valence-electron chi connectivity index (χ1n) is 8.32. The molecular weight excluding hydrogens is 292 g/mol. The molecule has 1 aliphatic rings. The Labute approximate surface area is 137 Å². The molecule has 0 saturated carbocycles. The first-order chi connectivity index (χ1) is 11.0. The van der Waals surface area contributed by atoms with Gasteiger partial charge in [0.05, 0.1) is 0 Å². The zero-order valence-electron chi connectivity index (χ0n) is 14.1. The minimum Gasteiger partial charge on any atom is -0.368 e. The number of hydrogen-bond acceptors (Lipinski definition) is 3. The van der Waals surface area contributed by atoms with Crippen LogP contribution in [0.5, 0.6) is 0 Å². The summed E-state index contributed by atoms with van der Waals surface area (Å²) in [7, 11) is 0. The maximum atomic E-state index is 12.4. The predicted molar refractivity (Wildman–Crippen MR) is 90.5 cm³/mol. The van der Waals surface area contributed by atoms with Crippen molar-refractivity contribution >= 4 is 17.5 Å². The van der Waals surface area contributed by atoms with Gasteiger partial charge in [0, 0.05) is 23.4 Å². The molecule has 23 heavy (non-hydrogen) atoms. The Bertz CT molecular complexity index is 561. The summed E-state index contributed by atoms with van der Waals surface area (Å²) in [5.74, 6) is -0.267. The predicted octanol–water partition coefficient (Wildman–Crippen LogP) is 3.11. The second kappa shape index (κ2) is 7.59. The van der Waals surface area contributed by atoms with Crippen LogP contribution in [0.4, 0.5) is 5.69 Å². The zero-order valence-corrected chi connectivity index (χ0v) is 14.1. The van der Waals surface area contributed by atoms with Gasteiger partial charge < -0.3 is 15.4 Å². The van der Waals surface area contributed by atoms with Crippen molar-refractivity contribution < 1.29 is 14.3 Å². The summed E-state index contributed by atoms with van der Waals surface area (Å²) in [6.45, 7) is 6.78. The summed E-state index contributed by atoms with van der Waals surface area (Å²) in [5, 5.41) is 5.89. The highest BCUT2D eigenvalue weighted by Crippen LogP contribution is 2.18. The Morgan fingerprint density at radius 1 is 1.30 bits per heavy atom. The number of carbonyl (C=O) groups excluding carboxylic acids is 2. The van der Waals surface area contributed by atoms with E-state index in [0.29, 0.717) is 17.9 Å². The van der Waals surface area contributed by atoms with Gasteiger partial charge in [-0.05, 0) is 50.8 Å². The van der Waals surface area contributed by atoms with E-state index in [1.165, 1.54) is 0 Å². The fourth-order valence-electron chi connectivity index (χ4n) is 2.52. The lowest BCUT2D eigenvalue weighted by Gasteiger charge is -2.28. The van der Waals surface area contributed by atoms with Gasteiger partial charge in [0.2, 0.25) is 0 Å². The standard InChI is InChI=1S/C18H26N2O3/c1-4-18(3,5-2)20-16(21)13-8-6-9-14(12-13)19-17(22)15-10-7-11-23-15/h6,8-9,12,15H,4-5,7,10-11H2,1-3H3,(H,19,22)(H,20,21). The van der Waals surface area contributed by atoms with Gasteiger partial charge in [-0.1, -0.05) is 19.9 Å². The molecule has 2 rings (SSSR count). The second-order valence-electron chi connectivity index (χ2n) is 6.29. The zero-order chi connectivity index (χ0) is 16.9. The minimum atomic E-state index is -0.379. The molecule has 1 aromatic carbocycles. The molecule has 1 aromatic rings. The van der Waals surface area contributed by atoms with E-state index in [1.807, 2.05) is 6.92 Å². The highest BCUT2D eigenvalue weighted by molar-refractivity contribution is 5.98. The SMILES string of the molecule is CCC(C)(CC)NC(=O)c1cccc(NC(=O)C2CCCO2)c1. The number of ether oxygens (including phenoxy) is 1. The normalized spacial score (nSPS) is 17.8. The number of rotatable bonds is 6. The van der Waals surface area contributed by atoms with Crippen molar-refractivity contribution in [1.82, 2.24) is 5.32 Å². The van der Waals surface area contributed by atoms with Crippen molar-refractivity contribution in [2.45, 2.75) is 58.1 Å². The van der Waals surface area contributed by atoms with Gasteiger partial charge in [0.15, 0.2) is 0 Å². The lowest BCUT2D eigenvalue weighted by atomic mass is 9.95. The molecule has 0 bridgehead atoms. The molecule has 126 valence electrons. The largest absolute Gasteiger partial charge is 0.368 e. The van der Waals surface area contributed by atoms with Gasteiger partial charge in [0.1, 0.15) is 6.10 Å². The third kappa shape index (κ3) is 4.55. The average molecular weight is 318 g/mol. The molecule has 1 saturated heterocycles. The number of carbonyl (C=O) groups is 2. The van der Waals surface area contributed by atoms with Gasteiger partial charge >= 0.3 is 0 Å². The van der Waals surface area contributed by atoms with Crippen LogP contribution < -0.4 is 10.6 Å². The van der Waals surface area contributed by atoms with Gasteiger partial charge in [-0.15, -0.1) is 0 Å². The molecule has 0 aromatic heterocycles. The molecule has 0 aliphatic carbocycles.